The minimum absolute atomic E-state index is 0.0259. The predicted molar refractivity (Wildman–Crippen MR) is 134 cm³/mol. The summed E-state index contributed by atoms with van der Waals surface area (Å²) in [6, 6.07) is 3.92. The average molecular weight is 549 g/mol. The molecule has 5 heterocycles. The largest absolute Gasteiger partial charge is 0.490 e. The van der Waals surface area contributed by atoms with Gasteiger partial charge in [0, 0.05) is 56.7 Å². The van der Waals surface area contributed by atoms with E-state index in [0.717, 1.165) is 37.7 Å². The van der Waals surface area contributed by atoms with Gasteiger partial charge in [-0.25, -0.2) is 19.7 Å². The Morgan fingerprint density at radius 2 is 1.72 bits per heavy atom. The van der Waals surface area contributed by atoms with E-state index in [1.807, 2.05) is 18.0 Å². The van der Waals surface area contributed by atoms with Crippen LogP contribution >= 0.6 is 0 Å². The lowest BCUT2D eigenvalue weighted by atomic mass is 9.72. The van der Waals surface area contributed by atoms with E-state index in [9.17, 15) is 18.0 Å². The summed E-state index contributed by atoms with van der Waals surface area (Å²) in [6.07, 6.45) is 1.98. The van der Waals surface area contributed by atoms with Crippen LogP contribution in [0.3, 0.4) is 0 Å². The number of alkyl halides is 3. The monoisotopic (exact) mass is 548 g/mol. The Morgan fingerprint density at radius 3 is 2.23 bits per heavy atom. The number of carbonyl (C=O) groups excluding carboxylic acids is 1. The minimum Gasteiger partial charge on any atom is -0.475 e. The first kappa shape index (κ1) is 28.0. The van der Waals surface area contributed by atoms with E-state index in [-0.39, 0.29) is 17.4 Å². The molecular formula is C25H31F3N8O3. The SMILES string of the molecule is Cc1nc2c(n1C(C)C)CN(C(=O)c1ccnn1C)CC21CCN(c2ncccn2)CC1.O=C(O)C(F)(F)F. The van der Waals surface area contributed by atoms with Gasteiger partial charge >= 0.3 is 12.1 Å². The van der Waals surface area contributed by atoms with Crippen LogP contribution < -0.4 is 4.90 Å². The number of aryl methyl sites for hydroxylation is 2. The fraction of sp³-hybridized carbons (Fsp3) is 0.520. The molecule has 0 radical (unpaired) electrons. The Kier molecular flexibility index (Phi) is 7.66. The molecule has 1 N–H and O–H groups in total. The van der Waals surface area contributed by atoms with Crippen LogP contribution in [0.2, 0.25) is 0 Å². The van der Waals surface area contributed by atoms with Gasteiger partial charge < -0.3 is 19.5 Å². The number of halogens is 3. The number of amides is 1. The Balaban J connectivity index is 0.000000448. The van der Waals surface area contributed by atoms with E-state index >= 15 is 0 Å². The molecule has 39 heavy (non-hydrogen) atoms. The second kappa shape index (κ2) is 10.7. The van der Waals surface area contributed by atoms with Crippen molar-refractivity contribution in [1.29, 1.82) is 0 Å². The Morgan fingerprint density at radius 1 is 1.10 bits per heavy atom. The van der Waals surface area contributed by atoms with E-state index < -0.39 is 12.1 Å². The molecule has 0 bridgehead atoms. The van der Waals surface area contributed by atoms with E-state index in [0.29, 0.717) is 18.8 Å². The molecule has 0 aliphatic carbocycles. The highest BCUT2D eigenvalue weighted by atomic mass is 19.4. The summed E-state index contributed by atoms with van der Waals surface area (Å²) >= 11 is 0. The molecule has 11 nitrogen and oxygen atoms in total. The zero-order valence-corrected chi connectivity index (χ0v) is 22.2. The van der Waals surface area contributed by atoms with Gasteiger partial charge in [-0.2, -0.15) is 18.3 Å². The van der Waals surface area contributed by atoms with Crippen molar-refractivity contribution in [3.05, 3.63) is 53.6 Å². The maximum absolute atomic E-state index is 13.5. The summed E-state index contributed by atoms with van der Waals surface area (Å²) in [7, 11) is 1.82. The number of anilines is 1. The maximum atomic E-state index is 13.5. The lowest BCUT2D eigenvalue weighted by Gasteiger charge is -2.47. The second-order valence-corrected chi connectivity index (χ2v) is 10.0. The van der Waals surface area contributed by atoms with Crippen molar-refractivity contribution < 1.29 is 27.9 Å². The summed E-state index contributed by atoms with van der Waals surface area (Å²) in [4.78, 5) is 40.6. The molecule has 1 spiro atoms. The summed E-state index contributed by atoms with van der Waals surface area (Å²) in [6.45, 7) is 9.35. The lowest BCUT2D eigenvalue weighted by Crippen LogP contribution is -2.54. The van der Waals surface area contributed by atoms with Gasteiger partial charge in [0.15, 0.2) is 0 Å². The molecule has 0 atom stereocenters. The third-order valence-electron chi connectivity index (χ3n) is 7.16. The second-order valence-electron chi connectivity index (χ2n) is 10.0. The number of hydrogen-bond donors (Lipinski definition) is 1. The summed E-state index contributed by atoms with van der Waals surface area (Å²) in [5, 5.41) is 11.3. The van der Waals surface area contributed by atoms with Crippen LogP contribution in [-0.4, -0.2) is 77.0 Å². The van der Waals surface area contributed by atoms with Gasteiger partial charge in [-0.05, 0) is 45.7 Å². The van der Waals surface area contributed by atoms with E-state index in [2.05, 4.69) is 45.3 Å². The third-order valence-corrected chi connectivity index (χ3v) is 7.16. The van der Waals surface area contributed by atoms with Crippen LogP contribution in [0.15, 0.2) is 30.7 Å². The summed E-state index contributed by atoms with van der Waals surface area (Å²) in [5.41, 5.74) is 2.79. The standard InChI is InChI=1S/C23H30N8O.C2HF3O2/c1-16(2)31-17(3)27-20-19(31)14-30(21(32)18-6-11-26-28(18)4)15-23(20)7-12-29(13-8-23)22-24-9-5-10-25-22;3-2(4,5)1(6)7/h5-6,9-11,16H,7-8,12-15H2,1-4H3;(H,6,7). The molecule has 1 fully saturated rings. The van der Waals surface area contributed by atoms with E-state index in [1.165, 1.54) is 11.4 Å². The Labute approximate surface area is 223 Å². The number of fused-ring (bicyclic) bond motifs is 2. The van der Waals surface area contributed by atoms with Crippen molar-refractivity contribution in [3.8, 4) is 0 Å². The third kappa shape index (κ3) is 5.59. The molecule has 2 aliphatic heterocycles. The maximum Gasteiger partial charge on any atom is 0.490 e. The normalized spacial score (nSPS) is 16.6. The predicted octanol–water partition coefficient (Wildman–Crippen LogP) is 3.12. The summed E-state index contributed by atoms with van der Waals surface area (Å²) in [5.74, 6) is -0.941. The molecule has 1 saturated heterocycles. The molecule has 1 amide bonds. The minimum atomic E-state index is -5.08. The van der Waals surface area contributed by atoms with Gasteiger partial charge in [0.25, 0.3) is 5.91 Å². The molecule has 0 unspecified atom stereocenters. The lowest BCUT2D eigenvalue weighted by molar-refractivity contribution is -0.192. The first-order chi connectivity index (χ1) is 18.3. The van der Waals surface area contributed by atoms with Crippen LogP contribution in [0.5, 0.6) is 0 Å². The zero-order chi connectivity index (χ0) is 28.5. The van der Waals surface area contributed by atoms with Gasteiger partial charge in [-0.1, -0.05) is 0 Å². The molecule has 2 aliphatic rings. The highest BCUT2D eigenvalue weighted by Crippen LogP contribution is 2.43. The number of hydrogen-bond acceptors (Lipinski definition) is 7. The molecule has 3 aromatic rings. The first-order valence-corrected chi connectivity index (χ1v) is 12.5. The number of imidazole rings is 1. The smallest absolute Gasteiger partial charge is 0.475 e. The van der Waals surface area contributed by atoms with Crippen molar-refractivity contribution in [2.45, 2.75) is 57.8 Å². The van der Waals surface area contributed by atoms with Crippen molar-refractivity contribution in [1.82, 2.24) is 34.2 Å². The van der Waals surface area contributed by atoms with Crippen molar-refractivity contribution in [2.75, 3.05) is 24.5 Å². The van der Waals surface area contributed by atoms with E-state index in [4.69, 9.17) is 14.9 Å². The number of carboxylic acids is 1. The van der Waals surface area contributed by atoms with Gasteiger partial charge in [-0.3, -0.25) is 9.48 Å². The van der Waals surface area contributed by atoms with Crippen molar-refractivity contribution >= 4 is 17.8 Å². The highest BCUT2D eigenvalue weighted by molar-refractivity contribution is 5.92. The fourth-order valence-electron chi connectivity index (χ4n) is 5.40. The number of piperidine rings is 1. The first-order valence-electron chi connectivity index (χ1n) is 12.5. The van der Waals surface area contributed by atoms with Crippen LogP contribution in [0.4, 0.5) is 19.1 Å². The average Bonchev–Trinajstić information content (AvgIpc) is 3.47. The molecule has 210 valence electrons. The number of aromatic nitrogens is 6. The van der Waals surface area contributed by atoms with Gasteiger partial charge in [0.2, 0.25) is 5.95 Å². The quantitative estimate of drug-likeness (QED) is 0.530. The fourth-order valence-corrected chi connectivity index (χ4v) is 5.40. The van der Waals surface area contributed by atoms with E-state index in [1.54, 1.807) is 29.3 Å². The number of carbonyl (C=O) groups is 2. The molecule has 5 rings (SSSR count). The van der Waals surface area contributed by atoms with Crippen LogP contribution in [0.25, 0.3) is 0 Å². The van der Waals surface area contributed by atoms with Crippen LogP contribution in [0, 0.1) is 6.92 Å². The van der Waals surface area contributed by atoms with Crippen LogP contribution in [-0.2, 0) is 23.8 Å². The van der Waals surface area contributed by atoms with Gasteiger partial charge in [-0.15, -0.1) is 0 Å². The zero-order valence-electron chi connectivity index (χ0n) is 22.2. The number of carboxylic acid groups (broad SMARTS) is 1. The van der Waals surface area contributed by atoms with Gasteiger partial charge in [0.05, 0.1) is 17.9 Å². The molecule has 0 aromatic carbocycles. The molecular weight excluding hydrogens is 517 g/mol. The summed E-state index contributed by atoms with van der Waals surface area (Å²) < 4.78 is 35.7. The number of nitrogens with zero attached hydrogens (tertiary/aromatic N) is 8. The highest BCUT2D eigenvalue weighted by Gasteiger charge is 2.47. The Bertz CT molecular complexity index is 1330. The molecule has 0 saturated carbocycles. The van der Waals surface area contributed by atoms with Crippen molar-refractivity contribution in [3.63, 3.8) is 0 Å². The molecule has 14 heteroatoms. The molecule has 3 aromatic heterocycles. The number of rotatable bonds is 3. The topological polar surface area (TPSA) is 122 Å². The van der Waals surface area contributed by atoms with Gasteiger partial charge in [0.1, 0.15) is 11.5 Å². The number of aliphatic carboxylic acids is 1. The van der Waals surface area contributed by atoms with Crippen molar-refractivity contribution in [2.24, 2.45) is 7.05 Å². The Hall–Kier alpha value is -3.97. The van der Waals surface area contributed by atoms with Crippen LogP contribution in [0.1, 0.15) is 60.4 Å².